The van der Waals surface area contributed by atoms with E-state index in [0.717, 1.165) is 5.03 Å². The molecule has 10 heavy (non-hydrogen) atoms. The van der Waals surface area contributed by atoms with Gasteiger partial charge in [-0.1, -0.05) is 0 Å². The molecule has 0 aliphatic rings. The number of H-pyrrole nitrogens is 1. The van der Waals surface area contributed by atoms with Gasteiger partial charge in [0.1, 0.15) is 0 Å². The van der Waals surface area contributed by atoms with Crippen LogP contribution in [-0.2, 0) is 0 Å². The molecule has 0 unspecified atom stereocenters. The molecule has 1 rings (SSSR count). The highest BCUT2D eigenvalue weighted by Gasteiger charge is 1.86. The summed E-state index contributed by atoms with van der Waals surface area (Å²) in [7, 11) is 0. The van der Waals surface area contributed by atoms with E-state index in [1.807, 2.05) is 6.26 Å². The lowest BCUT2D eigenvalue weighted by Gasteiger charge is -1.89. The van der Waals surface area contributed by atoms with Crippen LogP contribution in [0, 0.1) is 0 Å². The fraction of sp³-hybridized carbons (Fsp3) is 0.200. The molecule has 1 aromatic heterocycles. The molecule has 0 radical (unpaired) electrons. The lowest BCUT2D eigenvalue weighted by Crippen LogP contribution is -2.08. The molecule has 1 aromatic rings. The second-order valence-electron chi connectivity index (χ2n) is 1.44. The molecule has 5 heteroatoms. The predicted octanol–water partition coefficient (Wildman–Crippen LogP) is 1.11. The minimum Gasteiger partial charge on any atom is -0.300 e. The van der Waals surface area contributed by atoms with Crippen LogP contribution < -0.4 is 5.69 Å². The van der Waals surface area contributed by atoms with Crippen molar-refractivity contribution in [2.24, 2.45) is 0 Å². The third-order valence-electron chi connectivity index (χ3n) is 0.868. The molecule has 0 aromatic carbocycles. The molecule has 3 nitrogen and oxygen atoms in total. The molecule has 0 atom stereocenters. The zero-order chi connectivity index (χ0) is 6.69. The van der Waals surface area contributed by atoms with Gasteiger partial charge in [-0.15, -0.1) is 35.7 Å². The second kappa shape index (κ2) is 4.73. The van der Waals surface area contributed by atoms with E-state index >= 15 is 0 Å². The molecule has 56 valence electrons. The van der Waals surface area contributed by atoms with Crippen LogP contribution in [0.4, 0.5) is 0 Å². The first-order chi connectivity index (χ1) is 4.33. The summed E-state index contributed by atoms with van der Waals surface area (Å²) in [6.07, 6.45) is 3.38. The largest absolute Gasteiger partial charge is 0.345 e. The van der Waals surface area contributed by atoms with E-state index in [1.165, 1.54) is 18.0 Å². The highest BCUT2D eigenvalue weighted by atomic mass is 127. The van der Waals surface area contributed by atoms with Crippen molar-refractivity contribution < 1.29 is 0 Å². The Morgan fingerprint density at radius 3 is 2.80 bits per heavy atom. The SMILES string of the molecule is CSc1ccnc(=O)[nH]1.I. The molecule has 0 spiro atoms. The van der Waals surface area contributed by atoms with Gasteiger partial charge in [-0.2, -0.15) is 0 Å². The Hall–Kier alpha value is -0.0400. The topological polar surface area (TPSA) is 45.8 Å². The molecule has 1 heterocycles. The normalized spacial score (nSPS) is 8.50. The number of hydrogen-bond acceptors (Lipinski definition) is 3. The summed E-state index contributed by atoms with van der Waals surface area (Å²) in [6.45, 7) is 0. The van der Waals surface area contributed by atoms with E-state index in [-0.39, 0.29) is 29.7 Å². The number of aromatic nitrogens is 2. The van der Waals surface area contributed by atoms with Crippen LogP contribution >= 0.6 is 35.7 Å². The van der Waals surface area contributed by atoms with Crippen molar-refractivity contribution in [1.82, 2.24) is 9.97 Å². The van der Waals surface area contributed by atoms with Crippen LogP contribution in [0.5, 0.6) is 0 Å². The summed E-state index contributed by atoms with van der Waals surface area (Å²) in [5.74, 6) is 0. The number of halogens is 1. The third kappa shape index (κ3) is 2.70. The molecule has 0 saturated heterocycles. The minimum absolute atomic E-state index is 0. The summed E-state index contributed by atoms with van der Waals surface area (Å²) < 4.78 is 0. The number of thioether (sulfide) groups is 1. The van der Waals surface area contributed by atoms with Gasteiger partial charge in [-0.05, 0) is 12.3 Å². The quantitative estimate of drug-likeness (QED) is 0.472. The smallest absolute Gasteiger partial charge is 0.300 e. The van der Waals surface area contributed by atoms with E-state index < -0.39 is 0 Å². The van der Waals surface area contributed by atoms with Crippen LogP contribution in [0.25, 0.3) is 0 Å². The van der Waals surface area contributed by atoms with Crippen molar-refractivity contribution in [2.45, 2.75) is 5.03 Å². The van der Waals surface area contributed by atoms with Gasteiger partial charge in [0.05, 0.1) is 5.03 Å². The van der Waals surface area contributed by atoms with Gasteiger partial charge in [0.2, 0.25) is 0 Å². The van der Waals surface area contributed by atoms with E-state index in [1.54, 1.807) is 6.07 Å². The number of nitrogens with zero attached hydrogens (tertiary/aromatic N) is 1. The number of rotatable bonds is 1. The van der Waals surface area contributed by atoms with E-state index in [9.17, 15) is 4.79 Å². The van der Waals surface area contributed by atoms with Crippen molar-refractivity contribution in [1.29, 1.82) is 0 Å². The Kier molecular flexibility index (Phi) is 4.71. The zero-order valence-corrected chi connectivity index (χ0v) is 8.47. The number of hydrogen-bond donors (Lipinski definition) is 1. The lowest BCUT2D eigenvalue weighted by molar-refractivity contribution is 0.981. The first-order valence-corrected chi connectivity index (χ1v) is 3.65. The standard InChI is InChI=1S/C5H6N2OS.HI/c1-9-4-2-3-6-5(8)7-4;/h2-3H,1H3,(H,6,7,8);1H. The number of nitrogens with one attached hydrogen (secondary N) is 1. The molecular weight excluding hydrogens is 263 g/mol. The highest BCUT2D eigenvalue weighted by molar-refractivity contribution is 14.0. The summed E-state index contributed by atoms with van der Waals surface area (Å²) in [5, 5.41) is 0.843. The Bertz CT molecular complexity index is 249. The van der Waals surface area contributed by atoms with Gasteiger partial charge < -0.3 is 4.98 Å². The fourth-order valence-corrected chi connectivity index (χ4v) is 0.857. The van der Waals surface area contributed by atoms with Crippen LogP contribution in [0.2, 0.25) is 0 Å². The lowest BCUT2D eigenvalue weighted by atomic mass is 10.7. The Morgan fingerprint density at radius 2 is 2.40 bits per heavy atom. The molecule has 0 saturated carbocycles. The van der Waals surface area contributed by atoms with Crippen LogP contribution in [-0.4, -0.2) is 16.2 Å². The molecular formula is C5H7IN2OS. The van der Waals surface area contributed by atoms with E-state index in [4.69, 9.17) is 0 Å². The fourth-order valence-electron chi connectivity index (χ4n) is 0.471. The maximum atomic E-state index is 10.5. The Morgan fingerprint density at radius 1 is 1.70 bits per heavy atom. The molecule has 0 bridgehead atoms. The average Bonchev–Trinajstić information content (AvgIpc) is 1.88. The first kappa shape index (κ1) is 9.96. The summed E-state index contributed by atoms with van der Waals surface area (Å²) >= 11 is 1.49. The minimum atomic E-state index is -0.290. The van der Waals surface area contributed by atoms with Crippen molar-refractivity contribution in [3.05, 3.63) is 22.7 Å². The van der Waals surface area contributed by atoms with Gasteiger partial charge in [0.25, 0.3) is 0 Å². The first-order valence-electron chi connectivity index (χ1n) is 2.42. The number of aromatic amines is 1. The predicted molar refractivity (Wildman–Crippen MR) is 52.1 cm³/mol. The van der Waals surface area contributed by atoms with Gasteiger partial charge in [-0.25, -0.2) is 9.78 Å². The summed E-state index contributed by atoms with van der Waals surface area (Å²) in [6, 6.07) is 1.76. The maximum absolute atomic E-state index is 10.5. The van der Waals surface area contributed by atoms with E-state index in [2.05, 4.69) is 9.97 Å². The summed E-state index contributed by atoms with van der Waals surface area (Å²) in [5.41, 5.74) is -0.290. The van der Waals surface area contributed by atoms with Gasteiger partial charge in [-0.3, -0.25) is 0 Å². The molecule has 0 aliphatic heterocycles. The molecule has 0 aliphatic carbocycles. The zero-order valence-electron chi connectivity index (χ0n) is 5.33. The van der Waals surface area contributed by atoms with Crippen LogP contribution in [0.3, 0.4) is 0 Å². The highest BCUT2D eigenvalue weighted by Crippen LogP contribution is 2.05. The monoisotopic (exact) mass is 270 g/mol. The van der Waals surface area contributed by atoms with Crippen molar-refractivity contribution in [3.63, 3.8) is 0 Å². The van der Waals surface area contributed by atoms with Crippen molar-refractivity contribution in [2.75, 3.05) is 6.26 Å². The summed E-state index contributed by atoms with van der Waals surface area (Å²) in [4.78, 5) is 16.5. The van der Waals surface area contributed by atoms with Crippen LogP contribution in [0.15, 0.2) is 22.1 Å². The average molecular weight is 270 g/mol. The van der Waals surface area contributed by atoms with Crippen molar-refractivity contribution in [3.8, 4) is 0 Å². The Labute approximate surface area is 79.7 Å². The molecule has 0 fully saturated rings. The second-order valence-corrected chi connectivity index (χ2v) is 2.29. The van der Waals surface area contributed by atoms with Crippen molar-refractivity contribution >= 4 is 35.7 Å². The van der Waals surface area contributed by atoms with Crippen LogP contribution in [0.1, 0.15) is 0 Å². The molecule has 0 amide bonds. The molecule has 1 N–H and O–H groups in total. The Balaban J connectivity index is 0.000000810. The van der Waals surface area contributed by atoms with Gasteiger partial charge in [0, 0.05) is 6.20 Å². The maximum Gasteiger partial charge on any atom is 0.345 e. The van der Waals surface area contributed by atoms with E-state index in [0.29, 0.717) is 0 Å². The third-order valence-corrected chi connectivity index (χ3v) is 1.55. The van der Waals surface area contributed by atoms with Gasteiger partial charge in [0.15, 0.2) is 0 Å². The van der Waals surface area contributed by atoms with Gasteiger partial charge >= 0.3 is 5.69 Å².